The summed E-state index contributed by atoms with van der Waals surface area (Å²) in [6, 6.07) is 34.0. The molecule has 14 heteroatoms. The molecule has 0 saturated carbocycles. The second kappa shape index (κ2) is 24.8. The van der Waals surface area contributed by atoms with E-state index in [0.29, 0.717) is 16.9 Å². The van der Waals surface area contributed by atoms with Gasteiger partial charge in [-0.1, -0.05) is 144 Å². The van der Waals surface area contributed by atoms with Crippen molar-refractivity contribution in [3.8, 4) is 11.5 Å². The van der Waals surface area contributed by atoms with Gasteiger partial charge in [0.2, 0.25) is 0 Å². The zero-order valence-electron chi connectivity index (χ0n) is 42.8. The van der Waals surface area contributed by atoms with Crippen molar-refractivity contribution in [2.45, 2.75) is 115 Å². The third-order valence-electron chi connectivity index (χ3n) is 12.0. The van der Waals surface area contributed by atoms with Crippen LogP contribution in [0.25, 0.3) is 6.08 Å². The van der Waals surface area contributed by atoms with Gasteiger partial charge in [-0.05, 0) is 78.0 Å². The molecule has 12 nitrogen and oxygen atoms in total. The van der Waals surface area contributed by atoms with E-state index in [0.717, 1.165) is 6.04 Å². The van der Waals surface area contributed by atoms with Crippen LogP contribution in [0.1, 0.15) is 74.7 Å². The fraction of sp³-hybridized carbons (Fsp3) is 0.455. The molecule has 1 heterocycles. The summed E-state index contributed by atoms with van der Waals surface area (Å²) in [5, 5.41) is 2.12. The number of benzene rings is 4. The van der Waals surface area contributed by atoms with Gasteiger partial charge in [0.15, 0.2) is 12.6 Å². The lowest BCUT2D eigenvalue weighted by Gasteiger charge is -2.45. The Bertz CT molecular complexity index is 2250. The molecule has 374 valence electrons. The van der Waals surface area contributed by atoms with Gasteiger partial charge < -0.3 is 47.1 Å². The van der Waals surface area contributed by atoms with Crippen molar-refractivity contribution in [3.63, 3.8) is 0 Å². The average Bonchev–Trinajstić information content (AvgIpc) is 3.65. The minimum Gasteiger partial charge on any atom is -0.497 e. The van der Waals surface area contributed by atoms with E-state index in [9.17, 15) is 9.59 Å². The molecule has 1 unspecified atom stereocenters. The molecule has 0 bridgehead atoms. The summed E-state index contributed by atoms with van der Waals surface area (Å²) < 4.78 is 61.7. The molecule has 0 aromatic heterocycles. The fourth-order valence-corrected chi connectivity index (χ4v) is 13.8. The molecule has 0 aliphatic carbocycles. The maximum Gasteiger partial charge on any atom is 0.342 e. The first kappa shape index (κ1) is 55.0. The Labute approximate surface area is 412 Å². The summed E-state index contributed by atoms with van der Waals surface area (Å²) in [6.07, 6.45) is 3.50. The van der Waals surface area contributed by atoms with E-state index in [1.807, 2.05) is 30.4 Å². The second-order valence-electron chi connectivity index (χ2n) is 20.0. The zero-order valence-corrected chi connectivity index (χ0v) is 44.8. The summed E-state index contributed by atoms with van der Waals surface area (Å²) in [7, 11) is 0.116. The first-order valence-corrected chi connectivity index (χ1v) is 29.2. The van der Waals surface area contributed by atoms with Gasteiger partial charge in [-0.25, -0.2) is 9.59 Å². The quantitative estimate of drug-likeness (QED) is 0.0287. The third kappa shape index (κ3) is 14.8. The van der Waals surface area contributed by atoms with Crippen LogP contribution in [0.2, 0.25) is 30.7 Å². The molecule has 0 N–H and O–H groups in total. The van der Waals surface area contributed by atoms with E-state index in [1.54, 1.807) is 62.4 Å². The predicted octanol–water partition coefficient (Wildman–Crippen LogP) is 10.1. The van der Waals surface area contributed by atoms with Crippen molar-refractivity contribution in [2.24, 2.45) is 5.92 Å². The summed E-state index contributed by atoms with van der Waals surface area (Å²) >= 11 is 0. The van der Waals surface area contributed by atoms with Crippen LogP contribution < -0.4 is 19.8 Å². The van der Waals surface area contributed by atoms with E-state index >= 15 is 0 Å². The van der Waals surface area contributed by atoms with Gasteiger partial charge in [0.25, 0.3) is 8.32 Å². The minimum absolute atomic E-state index is 0.116. The number of ether oxygens (including phenoxy) is 9. The van der Waals surface area contributed by atoms with E-state index < -0.39 is 58.5 Å². The number of methoxy groups -OCH3 is 3. The molecule has 1 aliphatic rings. The number of hydrogen-bond acceptors (Lipinski definition) is 12. The van der Waals surface area contributed by atoms with Gasteiger partial charge in [0.05, 0.1) is 19.3 Å². The van der Waals surface area contributed by atoms with Crippen LogP contribution >= 0.6 is 0 Å². The van der Waals surface area contributed by atoms with Crippen molar-refractivity contribution >= 4 is 44.8 Å². The highest BCUT2D eigenvalue weighted by atomic mass is 28.4. The molecular formula is C55H74O12Si2. The van der Waals surface area contributed by atoms with Crippen molar-refractivity contribution in [2.75, 3.05) is 41.5 Å². The van der Waals surface area contributed by atoms with Crippen LogP contribution in [0.4, 0.5) is 0 Å². The molecule has 1 saturated heterocycles. The van der Waals surface area contributed by atoms with Crippen LogP contribution in [0.3, 0.4) is 0 Å². The van der Waals surface area contributed by atoms with E-state index in [-0.39, 0.29) is 48.6 Å². The molecule has 0 amide bonds. The number of carbonyl (C=O) groups excluding carboxylic acids is 2. The highest BCUT2D eigenvalue weighted by Gasteiger charge is 2.52. The minimum atomic E-state index is -2.91. The first-order valence-electron chi connectivity index (χ1n) is 23.6. The van der Waals surface area contributed by atoms with Gasteiger partial charge in [-0.2, -0.15) is 0 Å². The fourth-order valence-electron chi connectivity index (χ4n) is 8.27. The molecule has 1 aliphatic heterocycles. The van der Waals surface area contributed by atoms with Crippen LogP contribution in [-0.2, 0) is 37.6 Å². The molecule has 0 radical (unpaired) electrons. The van der Waals surface area contributed by atoms with Gasteiger partial charge in [0, 0.05) is 34.5 Å². The van der Waals surface area contributed by atoms with Gasteiger partial charge in [-0.15, -0.1) is 0 Å². The summed E-state index contributed by atoms with van der Waals surface area (Å²) in [4.78, 5) is 27.9. The van der Waals surface area contributed by atoms with Gasteiger partial charge in [-0.3, -0.25) is 0 Å². The smallest absolute Gasteiger partial charge is 0.342 e. The lowest BCUT2D eigenvalue weighted by atomic mass is 9.98. The van der Waals surface area contributed by atoms with E-state index in [4.69, 9.17) is 47.1 Å². The van der Waals surface area contributed by atoms with E-state index in [1.165, 1.54) is 31.7 Å². The largest absolute Gasteiger partial charge is 0.497 e. The van der Waals surface area contributed by atoms with Crippen molar-refractivity contribution in [1.82, 2.24) is 0 Å². The highest BCUT2D eigenvalue weighted by Crippen LogP contribution is 2.40. The van der Waals surface area contributed by atoms with Crippen molar-refractivity contribution in [1.29, 1.82) is 0 Å². The Kier molecular flexibility index (Phi) is 19.8. The second-order valence-corrected chi connectivity index (χ2v) is 29.9. The summed E-state index contributed by atoms with van der Waals surface area (Å²) in [6.45, 7) is 21.2. The van der Waals surface area contributed by atoms with Crippen molar-refractivity contribution in [3.05, 3.63) is 138 Å². The molecule has 1 fully saturated rings. The Morgan fingerprint density at radius 3 is 1.84 bits per heavy atom. The molecule has 4 aromatic carbocycles. The predicted molar refractivity (Wildman–Crippen MR) is 276 cm³/mol. The molecular weight excluding hydrogens is 909 g/mol. The standard InChI is InChI=1S/C55H74O12Si2/c1-39(40(2)67-69(54(3,4)5,44-25-19-15-20-26-44)45-27-21-16-22-28-45)29-31-47(64-52(56)41-23-17-14-18-24-41)51-50(65-55(6,7)66-51)46(62-37-58-8)32-30-42-35-43(60-10)36-48(63-38-59-9)49(42)53(57)61-33-34-68(11,12)13/h14-32,35-36,39-40,46-47,50-51H,33-34,37-38H2,1-13H3/b31-29-,32-30+/t39-,40+,46?,47+,50+,51-/m1/s1. The molecule has 6 atom stereocenters. The molecule has 69 heavy (non-hydrogen) atoms. The number of hydrogen-bond donors (Lipinski definition) is 0. The van der Waals surface area contributed by atoms with Crippen molar-refractivity contribution < 1.29 is 56.6 Å². The average molecular weight is 983 g/mol. The normalized spacial score (nSPS) is 18.2. The van der Waals surface area contributed by atoms with Crippen LogP contribution in [-0.4, -0.2) is 106 Å². The molecule has 0 spiro atoms. The Morgan fingerprint density at radius 2 is 1.30 bits per heavy atom. The van der Waals surface area contributed by atoms with Gasteiger partial charge >= 0.3 is 11.9 Å². The number of rotatable bonds is 24. The Morgan fingerprint density at radius 1 is 0.739 bits per heavy atom. The number of esters is 2. The van der Waals surface area contributed by atoms with Crippen LogP contribution in [0.5, 0.6) is 11.5 Å². The zero-order chi connectivity index (χ0) is 50.4. The lowest BCUT2D eigenvalue weighted by Crippen LogP contribution is -2.67. The third-order valence-corrected chi connectivity index (χ3v) is 18.8. The monoisotopic (exact) mass is 982 g/mol. The van der Waals surface area contributed by atoms with E-state index in [2.05, 4.69) is 103 Å². The summed E-state index contributed by atoms with van der Waals surface area (Å²) in [5.74, 6) is -1.74. The Hall–Kier alpha value is -4.91. The first-order chi connectivity index (χ1) is 32.7. The SMILES string of the molecule is COCOc1cc(OC)cc(/C=C/C(OCOC)[C@@H]2OC(C)(C)O[C@@H]2[C@H](/C=C\[C@@H](C)[C@H](C)O[Si](c2ccccc2)(c2ccccc2)C(C)(C)C)OC(=O)c2ccccc2)c1C(=O)OCC[Si](C)(C)C. The van der Waals surface area contributed by atoms with Crippen LogP contribution in [0.15, 0.2) is 121 Å². The number of carbonyl (C=O) groups is 2. The maximum absolute atomic E-state index is 14.0. The Balaban J connectivity index is 1.56. The van der Waals surface area contributed by atoms with Gasteiger partial charge in [0.1, 0.15) is 48.3 Å². The molecule has 5 rings (SSSR count). The highest BCUT2D eigenvalue weighted by molar-refractivity contribution is 6.99. The summed E-state index contributed by atoms with van der Waals surface area (Å²) in [5.41, 5.74) is 1.00. The maximum atomic E-state index is 14.0. The molecule has 4 aromatic rings. The van der Waals surface area contributed by atoms with Crippen LogP contribution in [0, 0.1) is 5.92 Å². The topological polar surface area (TPSA) is 126 Å². The lowest BCUT2D eigenvalue weighted by molar-refractivity contribution is -0.165.